The molecule has 139 heavy (non-hydrogen) atoms. The first-order valence-electron chi connectivity index (χ1n) is 44.4. The number of hydrogen-bond donors (Lipinski definition) is 5. The zero-order chi connectivity index (χ0) is 95.3. The quantitative estimate of drug-likeness (QED) is 0.00675. The van der Waals surface area contributed by atoms with Crippen molar-refractivity contribution >= 4 is 157 Å². The molecule has 35 nitrogen and oxygen atoms in total. The number of benzene rings is 6. The molecule has 0 bridgehead atoms. The molecule has 6 aromatic carbocycles. The van der Waals surface area contributed by atoms with Crippen molar-refractivity contribution in [3.8, 4) is 0 Å². The average Bonchev–Trinajstić information content (AvgIpc) is 1.58. The summed E-state index contributed by atoms with van der Waals surface area (Å²) in [5, 5.41) is 47.3. The Bertz CT molecular complexity index is 6300. The van der Waals surface area contributed by atoms with Crippen LogP contribution in [0.3, 0.4) is 0 Å². The Morgan fingerprint density at radius 3 is 1.13 bits per heavy atom. The molecule has 6 aliphatic rings. The zero-order valence-electron chi connectivity index (χ0n) is 79.1. The third kappa shape index (κ3) is 28.3. The first-order chi connectivity index (χ1) is 65.2. The maximum atomic E-state index is 13.3. The summed E-state index contributed by atoms with van der Waals surface area (Å²) in [6, 6.07) is 55.0. The molecule has 18 rings (SSSR count). The Morgan fingerprint density at radius 2 is 0.748 bits per heavy atom. The van der Waals surface area contributed by atoms with Gasteiger partial charge in [-0.25, -0.2) is 37.8 Å². The van der Waals surface area contributed by atoms with Crippen LogP contribution >= 0.6 is 87.1 Å². The van der Waals surface area contributed by atoms with Gasteiger partial charge in [0.25, 0.3) is 0 Å². The molecule has 0 amide bonds. The van der Waals surface area contributed by atoms with Gasteiger partial charge in [-0.1, -0.05) is 182 Å². The van der Waals surface area contributed by atoms with Gasteiger partial charge in [0.05, 0.1) is 53.3 Å². The summed E-state index contributed by atoms with van der Waals surface area (Å²) in [4.78, 5) is 44.0. The van der Waals surface area contributed by atoms with E-state index in [1.54, 1.807) is 35.9 Å². The smallest absolute Gasteiger partial charge is 0.813 e. The predicted molar refractivity (Wildman–Crippen MR) is 560 cm³/mol. The molecule has 5 atom stereocenters. The number of aromatic nitrogens is 9. The van der Waals surface area contributed by atoms with Gasteiger partial charge in [-0.3, -0.25) is 18.8 Å². The Kier molecular flexibility index (Phi) is 42.2. The number of piperidine rings is 3. The third-order valence-electron chi connectivity index (χ3n) is 24.0. The van der Waals surface area contributed by atoms with Crippen LogP contribution in [0.4, 0.5) is 17.8 Å². The van der Waals surface area contributed by atoms with E-state index in [9.17, 15) is 8.42 Å². The number of thiol groups is 1. The topological polar surface area (TPSA) is 430 Å². The number of imidazole rings is 3. The fourth-order valence-corrected chi connectivity index (χ4v) is 25.0. The van der Waals surface area contributed by atoms with Crippen molar-refractivity contribution in [1.29, 1.82) is 11.1 Å². The van der Waals surface area contributed by atoms with E-state index in [1.807, 2.05) is 131 Å². The second kappa shape index (κ2) is 52.3. The van der Waals surface area contributed by atoms with Crippen molar-refractivity contribution in [2.24, 2.45) is 106 Å². The largest absolute Gasteiger partial charge is 1.00 e. The molecule has 6 aromatic heterocycles. The summed E-state index contributed by atoms with van der Waals surface area (Å²) >= 11 is 12.7. The van der Waals surface area contributed by atoms with Crippen LogP contribution in [-0.2, 0) is 54.7 Å². The normalized spacial score (nSPS) is 17.8. The standard InChI is InChI=1S/C32H39N5OS3.C28H31N5S2.C23H28N5OS.C9H11BrS.CH4.ClH.H2N18.Na.H2S/c1-22(2)39-25-12-8-9-13-26(25)40-27-21-34-30(37-19-16-33-29(27)37)36-17-14-32(15-18-36)20-23-10-6-7-11-24(23)28(32)35-41(38)31(3,4)5;1-19(2)34-22-9-5-6-10-23(22)35-24-18-31-27(33-16-13-30-26(24)33)32-14-11-28(12-15-32)17-20-7-3-4-8-21(20)25(28)29;1-22(2,3)30(29)26-20-18-7-5-4-6-17(18)16-23(20)9-13-27(14-10-23)21-25-11-8-19-24-12-15-28(19)21;1-7(2)11-9-6-4-3-5-8(9)10;;;1-3-5-7-9-11-13-15-17-18-16-14-12-10-8-6-4-2;;/h6-13,16,19,21-22,28,35H,14-15,17-18,20H2,1-5H3;3-10,13,16,18-19,25H,11-12,14-15,17,29H2,1-2H3;4-7,11-12,15,20,26H,9-10,13-14,16H2,1-3H3;3-7H,1-2H3;1H4;1H;1-2H;;1H2/q;;-1;;;;;+1;/p-1/b;;;;;;3-1?,4-2?,7-5+,8-6+,11-9+,12-10+,15-13+,16-14+,18-17+;;/t28-,41-;25-;20-,30-;;;;;;/m111....../s1. The van der Waals surface area contributed by atoms with Gasteiger partial charge >= 0.3 is 29.6 Å². The monoisotopic (exact) mass is 2120 g/mol. The maximum Gasteiger partial charge on any atom is 1.00 e. The summed E-state index contributed by atoms with van der Waals surface area (Å²) in [5.41, 5.74) is 30.3. The third-order valence-corrected chi connectivity index (χ3v) is 33.7. The van der Waals surface area contributed by atoms with E-state index < -0.39 is 22.0 Å². The second-order valence-electron chi connectivity index (χ2n) is 35.9. The van der Waals surface area contributed by atoms with Gasteiger partial charge in [0.2, 0.25) is 17.8 Å². The van der Waals surface area contributed by atoms with Gasteiger partial charge < -0.3 is 44.4 Å². The van der Waals surface area contributed by atoms with Crippen LogP contribution in [0.5, 0.6) is 0 Å². The molecular weight excluding hydrogens is 2010 g/mol. The summed E-state index contributed by atoms with van der Waals surface area (Å²) in [7, 11) is -2.25. The van der Waals surface area contributed by atoms with E-state index in [0.717, 1.165) is 142 Å². The van der Waals surface area contributed by atoms with Crippen molar-refractivity contribution in [3.05, 3.63) is 245 Å². The van der Waals surface area contributed by atoms with Crippen molar-refractivity contribution in [3.63, 3.8) is 0 Å². The van der Waals surface area contributed by atoms with Crippen LogP contribution in [0, 0.1) is 33.4 Å². The minimum Gasteiger partial charge on any atom is -0.813 e. The summed E-state index contributed by atoms with van der Waals surface area (Å²) < 4.78 is 40.3. The number of thioether (sulfide) groups is 3. The van der Waals surface area contributed by atoms with E-state index in [1.165, 1.54) is 62.3 Å². The molecule has 9 heterocycles. The number of nitrogens with one attached hydrogen (secondary N) is 4. The maximum absolute atomic E-state index is 13.3. The van der Waals surface area contributed by atoms with Gasteiger partial charge in [-0.05, 0) is 291 Å². The Balaban J connectivity index is 0.000000187. The van der Waals surface area contributed by atoms with E-state index >= 15 is 0 Å². The van der Waals surface area contributed by atoms with Gasteiger partial charge in [0.15, 0.2) is 11.3 Å². The van der Waals surface area contributed by atoms with Gasteiger partial charge in [0.1, 0.15) is 0 Å². The molecule has 3 aliphatic carbocycles. The van der Waals surface area contributed by atoms with Crippen LogP contribution in [0.15, 0.2) is 324 Å². The van der Waals surface area contributed by atoms with E-state index in [2.05, 4.69) is 330 Å². The molecule has 46 heteroatoms. The van der Waals surface area contributed by atoms with Crippen LogP contribution in [0.1, 0.15) is 181 Å². The number of halogens is 2. The molecule has 0 saturated carbocycles. The molecule has 12 aromatic rings. The Hall–Kier alpha value is -8.97. The first-order valence-corrected chi connectivity index (χ1v) is 51.8. The number of hydrogen-bond acceptors (Lipinski definition) is 20. The minimum absolute atomic E-state index is 0. The molecule has 3 spiro atoms. The van der Waals surface area contributed by atoms with Crippen molar-refractivity contribution < 1.29 is 38.0 Å². The number of nitrogens with zero attached hydrogens (tertiary/aromatic N) is 28. The van der Waals surface area contributed by atoms with Gasteiger partial charge in [-0.15, -0.1) is 53.9 Å². The second-order valence-corrected chi connectivity index (χ2v) is 47.8. The van der Waals surface area contributed by atoms with Crippen LogP contribution in [0.2, 0.25) is 0 Å². The molecule has 6 N–H and O–H groups in total. The van der Waals surface area contributed by atoms with Crippen LogP contribution < -0.4 is 59.4 Å². The zero-order valence-corrected chi connectivity index (χ0v) is 90.1. The van der Waals surface area contributed by atoms with E-state index in [0.29, 0.717) is 15.7 Å². The van der Waals surface area contributed by atoms with Gasteiger partial charge in [-0.2, -0.15) is 11.1 Å². The summed E-state index contributed by atoms with van der Waals surface area (Å²) in [6.45, 7) is 31.1. The number of fused-ring (bicyclic) bond motifs is 6. The number of rotatable bonds is 25. The first kappa shape index (κ1) is 112. The number of anilines is 3. The SMILES string of the molecule is C.CC(C)(C)[S@@](=O)N[C@@H]1c2ccccc2CC12CCN(c1nc[c-]c3nccn13)CC2.CC(C)Sc1ccccc1Br.CC(C)Sc1ccccc1Sc1cnc(N2CCC3(CC2)Cc2ccccc2[C@H]3N)n2ccnc12.CC(C)Sc1ccccc1Sc1cnc(N2CCC3(CC2)Cc2ccccc2[C@H]3N[S@](=O)C(C)(C)C)n2ccnc12.Cl.N=N/N=N/N=N/N=N/N=N/N=N/N=N/N=N/N=N.[Na+].[SH-]. The molecular formula is C93H117BrClN33NaO2S8-. The average molecular weight is 2120 g/mol. The minimum atomic E-state index is -1.14. The fourth-order valence-electron chi connectivity index (χ4n) is 17.7. The fraction of sp³-hybridized carbons (Fsp3) is 0.419. The van der Waals surface area contributed by atoms with Crippen LogP contribution in [-0.4, -0.2) is 116 Å². The van der Waals surface area contributed by atoms with Crippen molar-refractivity contribution in [2.45, 2.75) is 226 Å². The molecule has 3 aliphatic heterocycles. The summed E-state index contributed by atoms with van der Waals surface area (Å²) in [6.07, 6.45) is 26.6. The Morgan fingerprint density at radius 1 is 0.432 bits per heavy atom. The molecule has 3 fully saturated rings. The molecule has 730 valence electrons. The number of nitrogens with two attached hydrogens (primary N) is 1. The van der Waals surface area contributed by atoms with E-state index in [-0.39, 0.29) is 107 Å². The predicted octanol–water partition coefficient (Wildman–Crippen LogP) is 22.3. The van der Waals surface area contributed by atoms with Crippen LogP contribution in [0.25, 0.3) is 16.9 Å². The van der Waals surface area contributed by atoms with Crippen molar-refractivity contribution in [1.82, 2.24) is 52.6 Å². The van der Waals surface area contributed by atoms with E-state index in [4.69, 9.17) is 36.7 Å². The molecule has 3 saturated heterocycles. The van der Waals surface area contributed by atoms with Crippen molar-refractivity contribution in [2.75, 3.05) is 54.0 Å². The summed E-state index contributed by atoms with van der Waals surface area (Å²) in [5.74, 6) is 2.85. The molecule has 0 unspecified atom stereocenters. The van der Waals surface area contributed by atoms with Gasteiger partial charge in [0, 0.05) is 140 Å². The molecule has 0 radical (unpaired) electrons. The Labute approximate surface area is 881 Å².